The Bertz CT molecular complexity index is 1430. The minimum absolute atomic E-state index is 0.124. The minimum Gasteiger partial charge on any atom is -0.430 e. The van der Waals surface area contributed by atoms with Gasteiger partial charge in [0.25, 0.3) is 0 Å². The molecule has 1 aromatic heterocycles. The van der Waals surface area contributed by atoms with Crippen molar-refractivity contribution in [2.24, 2.45) is 0 Å². The fourth-order valence-corrected chi connectivity index (χ4v) is 7.68. The average Bonchev–Trinajstić information content (AvgIpc) is 3.35. The third-order valence-corrected chi connectivity index (χ3v) is 9.01. The molecule has 0 N–H and O–H groups in total. The highest BCUT2D eigenvalue weighted by molar-refractivity contribution is 6.95. The molecular formula is C36H48B2N2O. The second-order valence-electron chi connectivity index (χ2n) is 12.9. The molecule has 4 aromatic rings. The lowest BCUT2D eigenvalue weighted by molar-refractivity contribution is 0.479. The molecule has 0 fully saturated rings. The number of nitrogens with zero attached hydrogens (tertiary/aromatic N) is 2. The first kappa shape index (κ1) is 30.9. The highest BCUT2D eigenvalue weighted by Gasteiger charge is 2.34. The second kappa shape index (κ2) is 12.4. The smallest absolute Gasteiger partial charge is 0.316 e. The predicted octanol–water partition coefficient (Wildman–Crippen LogP) is 6.54. The molecular weight excluding hydrogens is 498 g/mol. The monoisotopic (exact) mass is 546 g/mol. The summed E-state index contributed by atoms with van der Waals surface area (Å²) in [6, 6.07) is 13.6. The van der Waals surface area contributed by atoms with Crippen molar-refractivity contribution in [2.45, 2.75) is 107 Å². The third-order valence-electron chi connectivity index (χ3n) is 9.01. The summed E-state index contributed by atoms with van der Waals surface area (Å²) in [7, 11) is 2.45. The van der Waals surface area contributed by atoms with Crippen molar-refractivity contribution in [1.29, 1.82) is 0 Å². The van der Waals surface area contributed by atoms with E-state index in [9.17, 15) is 0 Å². The van der Waals surface area contributed by atoms with E-state index in [0.717, 1.165) is 5.56 Å². The maximum atomic E-state index is 6.65. The molecule has 0 spiro atoms. The summed E-state index contributed by atoms with van der Waals surface area (Å²) in [4.78, 5) is 0. The van der Waals surface area contributed by atoms with Gasteiger partial charge in [-0.05, 0) is 89.5 Å². The van der Waals surface area contributed by atoms with Crippen LogP contribution in [0, 0.1) is 55.4 Å². The lowest BCUT2D eigenvalue weighted by Gasteiger charge is -2.33. The van der Waals surface area contributed by atoms with Gasteiger partial charge in [0.2, 0.25) is 5.89 Å². The van der Waals surface area contributed by atoms with Crippen LogP contribution >= 0.6 is 0 Å². The van der Waals surface area contributed by atoms with Crippen molar-refractivity contribution >= 4 is 31.3 Å². The zero-order chi connectivity index (χ0) is 30.1. The lowest BCUT2D eigenvalue weighted by Crippen LogP contribution is -2.56. The van der Waals surface area contributed by atoms with Crippen LogP contribution < -0.4 is 16.7 Å². The number of rotatable bonds is 10. The number of benzene rings is 3. The van der Waals surface area contributed by atoms with E-state index in [1.807, 2.05) is 0 Å². The van der Waals surface area contributed by atoms with Crippen LogP contribution in [0.5, 0.6) is 0 Å². The van der Waals surface area contributed by atoms with E-state index in [0.29, 0.717) is 11.7 Å². The molecule has 0 saturated carbocycles. The molecule has 0 aliphatic rings. The summed E-state index contributed by atoms with van der Waals surface area (Å²) in [6.07, 6.45) is 6.08. The van der Waals surface area contributed by atoms with Crippen LogP contribution in [0.3, 0.4) is 0 Å². The highest BCUT2D eigenvalue weighted by atomic mass is 16.4. The molecule has 4 rings (SSSR count). The standard InChI is InChI=1S/C36H48B2N2O/c1-11-13-15-36(37,14-12-2)31-24(5)20-30(21-25(31)6)34-39-40-35(41-34)38(32-26(7)16-22(3)17-27(32)8)33-28(9)18-23(4)19-29(33)10/h16-21H,11-15,37H2,1-10H3. The van der Waals surface area contributed by atoms with Crippen LogP contribution in [0.1, 0.15) is 96.0 Å². The molecule has 0 bridgehead atoms. The Kier molecular flexibility index (Phi) is 9.36. The van der Waals surface area contributed by atoms with Gasteiger partial charge in [0, 0.05) is 5.56 Å². The summed E-state index contributed by atoms with van der Waals surface area (Å²) in [5.41, 5.74) is 15.2. The Hall–Kier alpha value is -3.07. The quantitative estimate of drug-likeness (QED) is 0.212. The topological polar surface area (TPSA) is 38.9 Å². The van der Waals surface area contributed by atoms with Gasteiger partial charge in [-0.3, -0.25) is 0 Å². The zero-order valence-corrected chi connectivity index (χ0v) is 27.4. The van der Waals surface area contributed by atoms with Crippen LogP contribution in [-0.2, 0) is 5.31 Å². The van der Waals surface area contributed by atoms with E-state index in [1.54, 1.807) is 0 Å². The van der Waals surface area contributed by atoms with Crippen molar-refractivity contribution < 1.29 is 4.42 Å². The van der Waals surface area contributed by atoms with Gasteiger partial charge in [-0.2, -0.15) is 0 Å². The van der Waals surface area contributed by atoms with Gasteiger partial charge in [-0.1, -0.05) is 115 Å². The van der Waals surface area contributed by atoms with Gasteiger partial charge in [-0.25, -0.2) is 0 Å². The van der Waals surface area contributed by atoms with E-state index in [-0.39, 0.29) is 12.0 Å². The van der Waals surface area contributed by atoms with Crippen molar-refractivity contribution in [3.63, 3.8) is 0 Å². The van der Waals surface area contributed by atoms with Crippen molar-refractivity contribution in [1.82, 2.24) is 10.2 Å². The Balaban J connectivity index is 1.86. The summed E-state index contributed by atoms with van der Waals surface area (Å²) in [5, 5.41) is 9.58. The third kappa shape index (κ3) is 6.25. The Morgan fingerprint density at radius 2 is 1.15 bits per heavy atom. The summed E-state index contributed by atoms with van der Waals surface area (Å²) in [5.74, 6) is 1.25. The number of aromatic nitrogens is 2. The minimum atomic E-state index is -0.124. The molecule has 0 radical (unpaired) electrons. The van der Waals surface area contributed by atoms with Gasteiger partial charge in [-0.15, -0.1) is 10.2 Å². The first-order chi connectivity index (χ1) is 19.4. The molecule has 0 amide bonds. The van der Waals surface area contributed by atoms with Gasteiger partial charge < -0.3 is 4.42 Å². The number of hydrogen-bond acceptors (Lipinski definition) is 3. The molecule has 41 heavy (non-hydrogen) atoms. The summed E-state index contributed by atoms with van der Waals surface area (Å²) in [6.45, 7) is 22.1. The van der Waals surface area contributed by atoms with E-state index >= 15 is 0 Å². The van der Waals surface area contributed by atoms with Crippen LogP contribution in [-0.4, -0.2) is 24.8 Å². The fourth-order valence-electron chi connectivity index (χ4n) is 7.68. The van der Waals surface area contributed by atoms with E-state index in [4.69, 9.17) is 9.52 Å². The SMILES string of the molecule is BC(CCC)(CCCC)c1c(C)cc(-c2nnc(B(c3c(C)cc(C)cc3C)c3c(C)cc(C)cc3C)o2)cc1C. The molecule has 1 heterocycles. The normalized spacial score (nSPS) is 12.9. The molecule has 3 nitrogen and oxygen atoms in total. The largest absolute Gasteiger partial charge is 0.430 e. The Morgan fingerprint density at radius 1 is 0.659 bits per heavy atom. The first-order valence-corrected chi connectivity index (χ1v) is 15.5. The van der Waals surface area contributed by atoms with E-state index in [2.05, 4.69) is 119 Å². The molecule has 0 saturated heterocycles. The summed E-state index contributed by atoms with van der Waals surface area (Å²) < 4.78 is 6.65. The maximum absolute atomic E-state index is 6.65. The molecule has 0 aliphatic carbocycles. The van der Waals surface area contributed by atoms with Crippen molar-refractivity contribution in [3.8, 4) is 11.5 Å². The van der Waals surface area contributed by atoms with Crippen LogP contribution in [0.2, 0.25) is 0 Å². The number of hydrogen-bond donors (Lipinski definition) is 0. The predicted molar refractivity (Wildman–Crippen MR) is 180 cm³/mol. The number of unbranched alkanes of at least 4 members (excludes halogenated alkanes) is 1. The second-order valence-corrected chi connectivity index (χ2v) is 12.9. The molecule has 0 aliphatic heterocycles. The molecule has 1 unspecified atom stereocenters. The van der Waals surface area contributed by atoms with Crippen LogP contribution in [0.25, 0.3) is 11.5 Å². The Morgan fingerprint density at radius 3 is 1.59 bits per heavy atom. The Labute approximate surface area is 250 Å². The van der Waals surface area contributed by atoms with Gasteiger partial charge in [0.15, 0.2) is 5.79 Å². The zero-order valence-electron chi connectivity index (χ0n) is 27.4. The average molecular weight is 546 g/mol. The molecule has 214 valence electrons. The van der Waals surface area contributed by atoms with Gasteiger partial charge >= 0.3 is 6.71 Å². The lowest BCUT2D eigenvalue weighted by atomic mass is 9.37. The highest BCUT2D eigenvalue weighted by Crippen LogP contribution is 2.37. The first-order valence-electron chi connectivity index (χ1n) is 15.5. The maximum Gasteiger partial charge on any atom is 0.316 e. The van der Waals surface area contributed by atoms with Crippen LogP contribution in [0.4, 0.5) is 0 Å². The fraction of sp³-hybridized carbons (Fsp3) is 0.444. The van der Waals surface area contributed by atoms with Crippen molar-refractivity contribution in [3.05, 3.63) is 86.5 Å². The molecule has 1 atom stereocenters. The van der Waals surface area contributed by atoms with E-state index < -0.39 is 0 Å². The van der Waals surface area contributed by atoms with Gasteiger partial charge in [0.1, 0.15) is 7.85 Å². The van der Waals surface area contributed by atoms with Crippen molar-refractivity contribution in [2.75, 3.05) is 0 Å². The van der Waals surface area contributed by atoms with Crippen LogP contribution in [0.15, 0.2) is 40.8 Å². The van der Waals surface area contributed by atoms with Gasteiger partial charge in [0.05, 0.1) is 0 Å². The number of aryl methyl sites for hydroxylation is 8. The van der Waals surface area contributed by atoms with E-state index in [1.165, 1.54) is 93.1 Å². The molecule has 3 aromatic carbocycles. The molecule has 5 heteroatoms. The summed E-state index contributed by atoms with van der Waals surface area (Å²) >= 11 is 0.